The van der Waals surface area contributed by atoms with Gasteiger partial charge in [-0.05, 0) is 0 Å². The molecule has 5 nitrogen and oxygen atoms in total. The lowest BCUT2D eigenvalue weighted by Gasteiger charge is -2.21. The van der Waals surface area contributed by atoms with Gasteiger partial charge in [0.25, 0.3) is 0 Å². The number of aliphatic carboxylic acids is 2. The number of carboxylic acids is 2. The minimum Gasteiger partial charge on any atom is -0.481 e. The zero-order chi connectivity index (χ0) is 10.7. The summed E-state index contributed by atoms with van der Waals surface area (Å²) in [7, 11) is 0. The van der Waals surface area contributed by atoms with Crippen molar-refractivity contribution in [1.29, 1.82) is 0 Å². The summed E-state index contributed by atoms with van der Waals surface area (Å²) in [6.45, 7) is 0. The Hall–Kier alpha value is -1.17. The Balaban J connectivity index is 2.26. The molecule has 0 spiro atoms. The fraction of sp³-hybridized carbons (Fsp3) is 0.750. The third-order valence-corrected chi connectivity index (χ3v) is 3.30. The summed E-state index contributed by atoms with van der Waals surface area (Å²) in [5, 5.41) is 17.5. The summed E-state index contributed by atoms with van der Waals surface area (Å²) in [6, 6.07) is 0. The summed E-state index contributed by atoms with van der Waals surface area (Å²) >= 11 is 0. The summed E-state index contributed by atoms with van der Waals surface area (Å²) in [4.78, 5) is 21.4. The van der Waals surface area contributed by atoms with Crippen molar-refractivity contribution in [2.24, 2.45) is 23.5 Å². The molecular weight excluding hydrogens is 193 g/mol. The topological polar surface area (TPSA) is 101 Å². The van der Waals surface area contributed by atoms with Crippen molar-refractivity contribution >= 4 is 11.9 Å². The van der Waals surface area contributed by atoms with Gasteiger partial charge in [-0.2, -0.15) is 0 Å². The van der Waals surface area contributed by atoms with Crippen LogP contribution in [-0.4, -0.2) is 33.9 Å². The van der Waals surface area contributed by atoms with E-state index < -0.39 is 41.4 Å². The lowest BCUT2D eigenvalue weighted by atomic mass is 9.91. The first kappa shape index (κ1) is 9.39. The van der Waals surface area contributed by atoms with Crippen molar-refractivity contribution in [2.75, 3.05) is 0 Å². The predicted octanol–water partition coefficient (Wildman–Crippen LogP) is -0.543. The Labute approximate surface area is 78.7 Å². The minimum atomic E-state index is -1.69. The van der Waals surface area contributed by atoms with E-state index in [4.69, 9.17) is 15.9 Å². The maximum atomic E-state index is 13.2. The summed E-state index contributed by atoms with van der Waals surface area (Å²) in [6.07, 6.45) is -1.68. The Morgan fingerprint density at radius 1 is 1.43 bits per heavy atom. The molecule has 6 heteroatoms. The Morgan fingerprint density at radius 3 is 2.36 bits per heavy atom. The van der Waals surface area contributed by atoms with Crippen LogP contribution in [0.4, 0.5) is 4.39 Å². The molecule has 2 rings (SSSR count). The van der Waals surface area contributed by atoms with Crippen LogP contribution in [0.5, 0.6) is 0 Å². The number of hydrogen-bond acceptors (Lipinski definition) is 3. The largest absolute Gasteiger partial charge is 0.481 e. The number of rotatable bonds is 2. The zero-order valence-corrected chi connectivity index (χ0v) is 7.18. The van der Waals surface area contributed by atoms with Gasteiger partial charge in [-0.1, -0.05) is 0 Å². The van der Waals surface area contributed by atoms with Gasteiger partial charge in [-0.15, -0.1) is 0 Å². The molecule has 2 aliphatic carbocycles. The van der Waals surface area contributed by atoms with Crippen LogP contribution in [-0.2, 0) is 9.59 Å². The van der Waals surface area contributed by atoms with Crippen molar-refractivity contribution in [2.45, 2.75) is 18.1 Å². The molecule has 0 aromatic rings. The molecular formula is C8H10FNO4. The van der Waals surface area contributed by atoms with Crippen LogP contribution in [0.25, 0.3) is 0 Å². The molecule has 0 heterocycles. The van der Waals surface area contributed by atoms with Crippen LogP contribution in [0.1, 0.15) is 6.42 Å². The molecule has 78 valence electrons. The van der Waals surface area contributed by atoms with Crippen LogP contribution in [0.2, 0.25) is 0 Å². The van der Waals surface area contributed by atoms with Crippen LogP contribution in [0.3, 0.4) is 0 Å². The zero-order valence-electron chi connectivity index (χ0n) is 7.18. The second kappa shape index (κ2) is 2.44. The van der Waals surface area contributed by atoms with E-state index in [0.717, 1.165) is 0 Å². The highest BCUT2D eigenvalue weighted by Crippen LogP contribution is 2.62. The molecule has 0 bridgehead atoms. The van der Waals surface area contributed by atoms with Gasteiger partial charge in [-0.3, -0.25) is 9.59 Å². The molecule has 0 aliphatic heterocycles. The monoisotopic (exact) mass is 203 g/mol. The lowest BCUT2D eigenvalue weighted by Crippen LogP contribution is -2.50. The number of halogens is 1. The minimum absolute atomic E-state index is 0.276. The molecule has 0 aromatic carbocycles. The van der Waals surface area contributed by atoms with Crippen LogP contribution >= 0.6 is 0 Å². The first-order valence-electron chi connectivity index (χ1n) is 4.28. The molecule has 0 saturated heterocycles. The van der Waals surface area contributed by atoms with E-state index in [0.29, 0.717) is 0 Å². The van der Waals surface area contributed by atoms with Gasteiger partial charge in [0.2, 0.25) is 0 Å². The highest BCUT2D eigenvalue weighted by molar-refractivity contribution is 5.85. The second-order valence-electron chi connectivity index (χ2n) is 4.03. The third kappa shape index (κ3) is 0.914. The molecule has 0 amide bonds. The number of carboxylic acid groups (broad SMARTS) is 2. The molecule has 2 fully saturated rings. The van der Waals surface area contributed by atoms with Crippen molar-refractivity contribution < 1.29 is 24.2 Å². The quantitative estimate of drug-likeness (QED) is 0.559. The Bertz CT molecular complexity index is 320. The summed E-state index contributed by atoms with van der Waals surface area (Å²) < 4.78 is 13.2. The molecule has 2 aliphatic rings. The number of alkyl halides is 1. The predicted molar refractivity (Wildman–Crippen MR) is 42.2 cm³/mol. The molecule has 4 N–H and O–H groups in total. The Kier molecular flexibility index (Phi) is 1.64. The fourth-order valence-corrected chi connectivity index (χ4v) is 2.59. The van der Waals surface area contributed by atoms with Crippen molar-refractivity contribution in [1.82, 2.24) is 0 Å². The van der Waals surface area contributed by atoms with Gasteiger partial charge in [0, 0.05) is 18.3 Å². The average Bonchev–Trinajstić information content (AvgIpc) is 2.72. The van der Waals surface area contributed by atoms with E-state index in [-0.39, 0.29) is 6.42 Å². The van der Waals surface area contributed by atoms with Crippen LogP contribution < -0.4 is 5.73 Å². The lowest BCUT2D eigenvalue weighted by molar-refractivity contribution is -0.145. The van der Waals surface area contributed by atoms with Gasteiger partial charge in [-0.25, -0.2) is 4.39 Å². The number of carbonyl (C=O) groups is 2. The van der Waals surface area contributed by atoms with E-state index in [1.807, 2.05) is 0 Å². The van der Waals surface area contributed by atoms with Gasteiger partial charge >= 0.3 is 11.9 Å². The highest BCUT2D eigenvalue weighted by atomic mass is 19.1. The first-order valence-corrected chi connectivity index (χ1v) is 4.28. The Morgan fingerprint density at radius 2 is 2.00 bits per heavy atom. The van der Waals surface area contributed by atoms with E-state index in [2.05, 4.69) is 0 Å². The smallest absolute Gasteiger partial charge is 0.324 e. The normalized spacial score (nSPS) is 49.9. The highest BCUT2D eigenvalue weighted by Gasteiger charge is 2.74. The summed E-state index contributed by atoms with van der Waals surface area (Å²) in [5.41, 5.74) is 3.82. The SMILES string of the molecule is N[C@@]1(C(=O)O)C[C@H](F)[C@H]2[C@H](C(=O)O)[C@@H]21. The summed E-state index contributed by atoms with van der Waals surface area (Å²) in [5.74, 6) is -4.82. The van der Waals surface area contributed by atoms with Gasteiger partial charge in [0.1, 0.15) is 11.7 Å². The van der Waals surface area contributed by atoms with Gasteiger partial charge in [0.15, 0.2) is 0 Å². The average molecular weight is 203 g/mol. The van der Waals surface area contributed by atoms with Crippen molar-refractivity contribution in [3.63, 3.8) is 0 Å². The van der Waals surface area contributed by atoms with Crippen molar-refractivity contribution in [3.05, 3.63) is 0 Å². The number of fused-ring (bicyclic) bond motifs is 1. The number of nitrogens with two attached hydrogens (primary N) is 1. The molecule has 0 radical (unpaired) electrons. The first-order chi connectivity index (χ1) is 6.39. The fourth-order valence-electron chi connectivity index (χ4n) is 2.59. The van der Waals surface area contributed by atoms with Gasteiger partial charge < -0.3 is 15.9 Å². The third-order valence-electron chi connectivity index (χ3n) is 3.30. The molecule has 2 saturated carbocycles. The maximum Gasteiger partial charge on any atom is 0.324 e. The standard InChI is InChI=1S/C8H10FNO4/c9-2-1-8(10,7(13)14)5-3(2)4(5)6(11)12/h2-5H,1,10H2,(H,11,12)(H,13,14)/t2-,3-,4-,5+,8-/m0/s1. The van der Waals surface area contributed by atoms with Gasteiger partial charge in [0.05, 0.1) is 5.92 Å². The van der Waals surface area contributed by atoms with E-state index in [1.54, 1.807) is 0 Å². The molecule has 0 unspecified atom stereocenters. The van der Waals surface area contributed by atoms with Crippen LogP contribution in [0.15, 0.2) is 0 Å². The molecule has 5 atom stereocenters. The van der Waals surface area contributed by atoms with Crippen molar-refractivity contribution in [3.8, 4) is 0 Å². The van der Waals surface area contributed by atoms with E-state index >= 15 is 0 Å². The second-order valence-corrected chi connectivity index (χ2v) is 4.03. The van der Waals surface area contributed by atoms with E-state index in [1.165, 1.54) is 0 Å². The number of hydrogen-bond donors (Lipinski definition) is 3. The van der Waals surface area contributed by atoms with Crippen LogP contribution in [0, 0.1) is 17.8 Å². The van der Waals surface area contributed by atoms with E-state index in [9.17, 15) is 14.0 Å². The molecule has 14 heavy (non-hydrogen) atoms. The maximum absolute atomic E-state index is 13.2. The molecule has 0 aromatic heterocycles.